The maximum atomic E-state index is 11.5. The average Bonchev–Trinajstić information content (AvgIpc) is 2.69. The molecule has 1 rings (SSSR count). The molecule has 19 heavy (non-hydrogen) atoms. The number of thiazole rings is 1. The van der Waals surface area contributed by atoms with Crippen LogP contribution in [0.25, 0.3) is 0 Å². The SMILES string of the molecule is Cc1cnc(NC(=O)N[C@@H](CCC(=O)O)C(=O)O)s1. The number of urea groups is 1. The van der Waals surface area contributed by atoms with Crippen molar-refractivity contribution >= 4 is 34.4 Å². The molecule has 0 aliphatic heterocycles. The molecule has 1 heterocycles. The van der Waals surface area contributed by atoms with Gasteiger partial charge in [0.15, 0.2) is 5.13 Å². The Hall–Kier alpha value is -2.16. The largest absolute Gasteiger partial charge is 0.481 e. The van der Waals surface area contributed by atoms with Crippen LogP contribution in [-0.4, -0.2) is 39.2 Å². The predicted octanol–water partition coefficient (Wildman–Crippen LogP) is 0.891. The number of aromatic nitrogens is 1. The summed E-state index contributed by atoms with van der Waals surface area (Å²) in [6.07, 6.45) is 1.04. The lowest BCUT2D eigenvalue weighted by Crippen LogP contribution is -2.43. The molecular formula is C10H13N3O5S. The first-order valence-corrected chi connectivity index (χ1v) is 6.14. The molecule has 0 bridgehead atoms. The van der Waals surface area contributed by atoms with E-state index in [2.05, 4.69) is 15.6 Å². The fourth-order valence-electron chi connectivity index (χ4n) is 1.23. The van der Waals surface area contributed by atoms with Crippen molar-refractivity contribution in [2.24, 2.45) is 0 Å². The topological polar surface area (TPSA) is 129 Å². The Morgan fingerprint density at radius 3 is 2.58 bits per heavy atom. The molecule has 0 radical (unpaired) electrons. The lowest BCUT2D eigenvalue weighted by Gasteiger charge is -2.13. The van der Waals surface area contributed by atoms with Crippen LogP contribution in [0.2, 0.25) is 0 Å². The van der Waals surface area contributed by atoms with E-state index in [-0.39, 0.29) is 12.8 Å². The van der Waals surface area contributed by atoms with Gasteiger partial charge in [-0.15, -0.1) is 11.3 Å². The second-order valence-electron chi connectivity index (χ2n) is 3.70. The molecular weight excluding hydrogens is 274 g/mol. The summed E-state index contributed by atoms with van der Waals surface area (Å²) in [5, 5.41) is 22.3. The molecule has 4 N–H and O–H groups in total. The predicted molar refractivity (Wildman–Crippen MR) is 67.3 cm³/mol. The van der Waals surface area contributed by atoms with Gasteiger partial charge in [-0.25, -0.2) is 14.6 Å². The van der Waals surface area contributed by atoms with E-state index >= 15 is 0 Å². The Morgan fingerprint density at radius 1 is 1.42 bits per heavy atom. The Labute approximate surface area is 112 Å². The zero-order chi connectivity index (χ0) is 14.4. The zero-order valence-corrected chi connectivity index (χ0v) is 10.9. The number of nitrogens with one attached hydrogen (secondary N) is 2. The number of anilines is 1. The molecule has 0 saturated carbocycles. The number of aryl methyl sites for hydroxylation is 1. The summed E-state index contributed by atoms with van der Waals surface area (Å²) in [6, 6.07) is -1.98. The molecule has 0 aromatic carbocycles. The molecule has 1 atom stereocenters. The highest BCUT2D eigenvalue weighted by Crippen LogP contribution is 2.16. The molecule has 9 heteroatoms. The molecule has 0 aliphatic rings. The van der Waals surface area contributed by atoms with E-state index in [1.54, 1.807) is 6.20 Å². The second kappa shape index (κ2) is 6.69. The summed E-state index contributed by atoms with van der Waals surface area (Å²) in [5.74, 6) is -2.41. The van der Waals surface area contributed by atoms with Gasteiger partial charge in [-0.05, 0) is 13.3 Å². The number of hydrogen-bond donors (Lipinski definition) is 4. The summed E-state index contributed by atoms with van der Waals surface area (Å²) in [5.41, 5.74) is 0. The van der Waals surface area contributed by atoms with Gasteiger partial charge in [0.1, 0.15) is 6.04 Å². The number of carboxylic acids is 2. The van der Waals surface area contributed by atoms with Gasteiger partial charge in [0.05, 0.1) is 0 Å². The third kappa shape index (κ3) is 5.34. The van der Waals surface area contributed by atoms with Gasteiger partial charge < -0.3 is 15.5 Å². The van der Waals surface area contributed by atoms with Crippen molar-refractivity contribution in [1.82, 2.24) is 10.3 Å². The third-order valence-corrected chi connectivity index (χ3v) is 2.92. The summed E-state index contributed by atoms with van der Waals surface area (Å²) in [6.45, 7) is 1.81. The molecule has 0 saturated heterocycles. The number of aliphatic carboxylic acids is 2. The fraction of sp³-hybridized carbons (Fsp3) is 0.400. The van der Waals surface area contributed by atoms with Crippen LogP contribution in [0.5, 0.6) is 0 Å². The number of carbonyl (C=O) groups excluding carboxylic acids is 1. The number of amides is 2. The van der Waals surface area contributed by atoms with Gasteiger partial charge in [-0.1, -0.05) is 0 Å². The molecule has 1 aromatic rings. The minimum Gasteiger partial charge on any atom is -0.481 e. The van der Waals surface area contributed by atoms with E-state index in [9.17, 15) is 14.4 Å². The monoisotopic (exact) mass is 287 g/mol. The average molecular weight is 287 g/mol. The lowest BCUT2D eigenvalue weighted by molar-refractivity contribution is -0.140. The Kier molecular flexibility index (Phi) is 5.24. The fourth-order valence-corrected chi connectivity index (χ4v) is 1.89. The molecule has 2 amide bonds. The first-order valence-electron chi connectivity index (χ1n) is 5.33. The maximum absolute atomic E-state index is 11.5. The number of carboxylic acid groups (broad SMARTS) is 2. The molecule has 0 spiro atoms. The number of nitrogens with zero attached hydrogens (tertiary/aromatic N) is 1. The van der Waals surface area contributed by atoms with E-state index in [1.807, 2.05) is 6.92 Å². The van der Waals surface area contributed by atoms with Gasteiger partial charge in [-0.2, -0.15) is 0 Å². The first-order chi connectivity index (χ1) is 8.88. The van der Waals surface area contributed by atoms with Gasteiger partial charge in [-0.3, -0.25) is 10.1 Å². The van der Waals surface area contributed by atoms with Crippen molar-refractivity contribution < 1.29 is 24.6 Å². The van der Waals surface area contributed by atoms with Gasteiger partial charge in [0.25, 0.3) is 0 Å². The molecule has 104 valence electrons. The Morgan fingerprint density at radius 2 is 2.11 bits per heavy atom. The molecule has 8 nitrogen and oxygen atoms in total. The van der Waals surface area contributed by atoms with Crippen LogP contribution in [0.4, 0.5) is 9.93 Å². The minimum atomic E-state index is -1.29. The van der Waals surface area contributed by atoms with Gasteiger partial charge in [0.2, 0.25) is 0 Å². The van der Waals surface area contributed by atoms with Crippen molar-refractivity contribution in [1.29, 1.82) is 0 Å². The number of rotatable bonds is 6. The van der Waals surface area contributed by atoms with Gasteiger partial charge in [0, 0.05) is 17.5 Å². The van der Waals surface area contributed by atoms with Crippen LogP contribution in [0, 0.1) is 6.92 Å². The van der Waals surface area contributed by atoms with Crippen LogP contribution < -0.4 is 10.6 Å². The van der Waals surface area contributed by atoms with E-state index in [1.165, 1.54) is 11.3 Å². The smallest absolute Gasteiger partial charge is 0.326 e. The van der Waals surface area contributed by atoms with E-state index < -0.39 is 24.0 Å². The quantitative estimate of drug-likeness (QED) is 0.615. The number of carbonyl (C=O) groups is 3. The summed E-state index contributed by atoms with van der Waals surface area (Å²) >= 11 is 1.25. The van der Waals surface area contributed by atoms with Crippen LogP contribution in [0.1, 0.15) is 17.7 Å². The van der Waals surface area contributed by atoms with Gasteiger partial charge >= 0.3 is 18.0 Å². The van der Waals surface area contributed by atoms with E-state index in [4.69, 9.17) is 10.2 Å². The maximum Gasteiger partial charge on any atom is 0.326 e. The standard InChI is InChI=1S/C10H13N3O5S/c1-5-4-11-10(19-5)13-9(18)12-6(8(16)17)2-3-7(14)15/h4,6H,2-3H2,1H3,(H,14,15)(H,16,17)(H2,11,12,13,18)/t6-/m0/s1. The Bertz CT molecular complexity index is 487. The van der Waals surface area contributed by atoms with Crippen LogP contribution >= 0.6 is 11.3 Å². The summed E-state index contributed by atoms with van der Waals surface area (Å²) < 4.78 is 0. The first kappa shape index (κ1) is 14.9. The van der Waals surface area contributed by atoms with Crippen molar-refractivity contribution in [2.75, 3.05) is 5.32 Å². The van der Waals surface area contributed by atoms with E-state index in [0.29, 0.717) is 5.13 Å². The van der Waals surface area contributed by atoms with Crippen LogP contribution in [-0.2, 0) is 9.59 Å². The molecule has 0 unspecified atom stereocenters. The zero-order valence-electron chi connectivity index (χ0n) is 10.0. The van der Waals surface area contributed by atoms with Crippen LogP contribution in [0.3, 0.4) is 0 Å². The van der Waals surface area contributed by atoms with E-state index in [0.717, 1.165) is 4.88 Å². The second-order valence-corrected chi connectivity index (χ2v) is 4.93. The molecule has 0 fully saturated rings. The van der Waals surface area contributed by atoms with Crippen molar-refractivity contribution in [3.8, 4) is 0 Å². The van der Waals surface area contributed by atoms with Crippen molar-refractivity contribution in [2.45, 2.75) is 25.8 Å². The highest BCUT2D eigenvalue weighted by atomic mass is 32.1. The normalized spacial score (nSPS) is 11.6. The lowest BCUT2D eigenvalue weighted by atomic mass is 10.1. The highest BCUT2D eigenvalue weighted by molar-refractivity contribution is 7.15. The van der Waals surface area contributed by atoms with Crippen molar-refractivity contribution in [3.63, 3.8) is 0 Å². The minimum absolute atomic E-state index is 0.186. The Balaban J connectivity index is 2.51. The molecule has 1 aromatic heterocycles. The third-order valence-electron chi connectivity index (χ3n) is 2.09. The van der Waals surface area contributed by atoms with Crippen molar-refractivity contribution in [3.05, 3.63) is 11.1 Å². The van der Waals surface area contributed by atoms with Crippen LogP contribution in [0.15, 0.2) is 6.20 Å². The number of hydrogen-bond acceptors (Lipinski definition) is 5. The highest BCUT2D eigenvalue weighted by Gasteiger charge is 2.21. The molecule has 0 aliphatic carbocycles. The summed E-state index contributed by atoms with van der Waals surface area (Å²) in [7, 11) is 0. The summed E-state index contributed by atoms with van der Waals surface area (Å²) in [4.78, 5) is 37.5.